The Morgan fingerprint density at radius 1 is 0.864 bits per heavy atom. The van der Waals surface area contributed by atoms with Crippen LogP contribution in [0.15, 0.2) is 30.3 Å². The zero-order valence-corrected chi connectivity index (χ0v) is 14.3. The quantitative estimate of drug-likeness (QED) is 0.428. The van der Waals surface area contributed by atoms with Gasteiger partial charge >= 0.3 is 0 Å². The first-order valence-corrected chi connectivity index (χ1v) is 9.59. The average molecular weight is 308 g/mol. The first-order chi connectivity index (χ1) is 10.8. The molecule has 0 amide bonds. The Labute approximate surface area is 137 Å². The normalized spacial score (nSPS) is 16.8. The fourth-order valence-electron chi connectivity index (χ4n) is 4.04. The van der Waals surface area contributed by atoms with E-state index in [0.29, 0.717) is 0 Å². The molecule has 1 aliphatic carbocycles. The molecule has 1 heterocycles. The largest absolute Gasteiger partial charge is 0.135 e. The number of thiophene rings is 1. The molecule has 2 aromatic carbocycles. The Balaban J connectivity index is 1.95. The Hall–Kier alpha value is -1.34. The van der Waals surface area contributed by atoms with Crippen LogP contribution in [0.25, 0.3) is 20.2 Å². The van der Waals surface area contributed by atoms with Crippen LogP contribution in [0.5, 0.6) is 0 Å². The molecule has 0 N–H and O–H groups in total. The predicted octanol–water partition coefficient (Wildman–Crippen LogP) is 6.80. The van der Waals surface area contributed by atoms with Crippen molar-refractivity contribution < 1.29 is 0 Å². The molecule has 0 saturated heterocycles. The monoisotopic (exact) mass is 308 g/mol. The van der Waals surface area contributed by atoms with Gasteiger partial charge in [0.1, 0.15) is 0 Å². The van der Waals surface area contributed by atoms with Crippen molar-refractivity contribution in [2.24, 2.45) is 0 Å². The molecular formula is C21H24S. The van der Waals surface area contributed by atoms with Gasteiger partial charge in [-0.2, -0.15) is 0 Å². The van der Waals surface area contributed by atoms with Gasteiger partial charge < -0.3 is 0 Å². The van der Waals surface area contributed by atoms with E-state index in [0.717, 1.165) is 0 Å². The molecule has 0 atom stereocenters. The second-order valence-electron chi connectivity index (χ2n) is 6.75. The Bertz CT molecular complexity index is 809. The van der Waals surface area contributed by atoms with E-state index in [4.69, 9.17) is 0 Å². The molecule has 4 rings (SSSR count). The van der Waals surface area contributed by atoms with E-state index in [1.165, 1.54) is 72.4 Å². The molecule has 1 aliphatic rings. The lowest BCUT2D eigenvalue weighted by Gasteiger charge is -2.15. The van der Waals surface area contributed by atoms with Crippen LogP contribution >= 0.6 is 11.3 Å². The predicted molar refractivity (Wildman–Crippen MR) is 99.2 cm³/mol. The third kappa shape index (κ3) is 2.46. The van der Waals surface area contributed by atoms with Crippen molar-refractivity contribution in [1.29, 1.82) is 0 Å². The van der Waals surface area contributed by atoms with Crippen molar-refractivity contribution in [1.82, 2.24) is 0 Å². The van der Waals surface area contributed by atoms with Crippen LogP contribution in [0.2, 0.25) is 0 Å². The zero-order valence-electron chi connectivity index (χ0n) is 13.5. The lowest BCUT2D eigenvalue weighted by Crippen LogP contribution is -1.99. The third-order valence-corrected chi connectivity index (χ3v) is 6.40. The number of benzene rings is 2. The summed E-state index contributed by atoms with van der Waals surface area (Å²) < 4.78 is 3.03. The average Bonchev–Trinajstić information content (AvgIpc) is 2.92. The molecule has 0 saturated carbocycles. The van der Waals surface area contributed by atoms with Crippen LogP contribution in [0, 0.1) is 6.92 Å². The van der Waals surface area contributed by atoms with Gasteiger partial charge in [-0.25, -0.2) is 0 Å². The van der Waals surface area contributed by atoms with Gasteiger partial charge in [0.05, 0.1) is 0 Å². The van der Waals surface area contributed by atoms with E-state index in [2.05, 4.69) is 37.3 Å². The molecule has 0 spiro atoms. The lowest BCUT2D eigenvalue weighted by molar-refractivity contribution is 0.582. The fraction of sp³-hybridized carbons (Fsp3) is 0.429. The van der Waals surface area contributed by atoms with Crippen molar-refractivity contribution in [3.8, 4) is 0 Å². The topological polar surface area (TPSA) is 0 Å². The summed E-state index contributed by atoms with van der Waals surface area (Å²) in [6.07, 6.45) is 10.9. The molecule has 22 heavy (non-hydrogen) atoms. The summed E-state index contributed by atoms with van der Waals surface area (Å²) >= 11 is 2.02. The molecule has 114 valence electrons. The van der Waals surface area contributed by atoms with Crippen molar-refractivity contribution in [2.75, 3.05) is 0 Å². The van der Waals surface area contributed by atoms with E-state index >= 15 is 0 Å². The number of rotatable bonds is 0. The van der Waals surface area contributed by atoms with Gasteiger partial charge in [-0.1, -0.05) is 49.9 Å². The van der Waals surface area contributed by atoms with E-state index in [1.807, 2.05) is 11.3 Å². The van der Waals surface area contributed by atoms with Gasteiger partial charge in [0.25, 0.3) is 0 Å². The highest BCUT2D eigenvalue weighted by atomic mass is 32.1. The van der Waals surface area contributed by atoms with Crippen molar-refractivity contribution in [2.45, 2.75) is 58.3 Å². The molecule has 0 bridgehead atoms. The molecule has 0 radical (unpaired) electrons. The minimum atomic E-state index is 1.28. The minimum Gasteiger partial charge on any atom is -0.135 e. The van der Waals surface area contributed by atoms with Crippen molar-refractivity contribution in [3.63, 3.8) is 0 Å². The summed E-state index contributed by atoms with van der Waals surface area (Å²) in [5.74, 6) is 0. The molecule has 0 unspecified atom stereocenters. The first-order valence-electron chi connectivity index (χ1n) is 8.77. The Kier molecular flexibility index (Phi) is 3.92. The maximum absolute atomic E-state index is 2.50. The smallest absolute Gasteiger partial charge is 0.0392 e. The second kappa shape index (κ2) is 6.04. The maximum Gasteiger partial charge on any atom is 0.0392 e. The molecule has 0 fully saturated rings. The molecule has 3 aromatic rings. The SMILES string of the molecule is Cc1cc2c(c3sc4ccccc4c13)CCCCCCCC2. The zero-order chi connectivity index (χ0) is 14.9. The summed E-state index contributed by atoms with van der Waals surface area (Å²) in [4.78, 5) is 0. The van der Waals surface area contributed by atoms with Crippen LogP contribution in [0.4, 0.5) is 0 Å². The van der Waals surface area contributed by atoms with E-state index in [1.54, 1.807) is 15.8 Å². The number of hydrogen-bond donors (Lipinski definition) is 0. The number of hydrogen-bond acceptors (Lipinski definition) is 1. The van der Waals surface area contributed by atoms with Gasteiger partial charge in [0, 0.05) is 20.2 Å². The molecule has 1 heteroatoms. The van der Waals surface area contributed by atoms with Crippen molar-refractivity contribution in [3.05, 3.63) is 47.0 Å². The number of fused-ring (bicyclic) bond motifs is 5. The first kappa shape index (κ1) is 14.3. The van der Waals surface area contributed by atoms with Crippen molar-refractivity contribution >= 4 is 31.5 Å². The standard InChI is InChI=1S/C21H24S/c1-15-14-16-10-6-4-2-3-5-7-11-17(16)21-20(15)18-12-8-9-13-19(18)22-21/h8-9,12-14H,2-7,10-11H2,1H3. The molecule has 0 nitrogen and oxygen atoms in total. The van der Waals surface area contributed by atoms with Crippen LogP contribution in [-0.2, 0) is 12.8 Å². The van der Waals surface area contributed by atoms with E-state index < -0.39 is 0 Å². The van der Waals surface area contributed by atoms with E-state index in [9.17, 15) is 0 Å². The molecule has 1 aromatic heterocycles. The Morgan fingerprint density at radius 2 is 1.59 bits per heavy atom. The highest BCUT2D eigenvalue weighted by Crippen LogP contribution is 2.40. The second-order valence-corrected chi connectivity index (χ2v) is 7.81. The van der Waals surface area contributed by atoms with E-state index in [-0.39, 0.29) is 0 Å². The molecular weight excluding hydrogens is 284 g/mol. The highest BCUT2D eigenvalue weighted by Gasteiger charge is 2.15. The Morgan fingerprint density at radius 3 is 2.45 bits per heavy atom. The van der Waals surface area contributed by atoms with Crippen LogP contribution in [-0.4, -0.2) is 0 Å². The van der Waals surface area contributed by atoms with Gasteiger partial charge in [-0.05, 0) is 55.4 Å². The lowest BCUT2D eigenvalue weighted by atomic mass is 9.91. The summed E-state index contributed by atoms with van der Waals surface area (Å²) in [5.41, 5.74) is 4.78. The summed E-state index contributed by atoms with van der Waals surface area (Å²) in [6, 6.07) is 11.4. The summed E-state index contributed by atoms with van der Waals surface area (Å²) in [7, 11) is 0. The minimum absolute atomic E-state index is 1.28. The maximum atomic E-state index is 2.50. The van der Waals surface area contributed by atoms with Gasteiger partial charge in [-0.15, -0.1) is 11.3 Å². The fourth-order valence-corrected chi connectivity index (χ4v) is 5.41. The van der Waals surface area contributed by atoms with Crippen LogP contribution in [0.1, 0.15) is 55.2 Å². The van der Waals surface area contributed by atoms with Crippen LogP contribution < -0.4 is 0 Å². The van der Waals surface area contributed by atoms with Crippen LogP contribution in [0.3, 0.4) is 0 Å². The van der Waals surface area contributed by atoms with Gasteiger partial charge in [-0.3, -0.25) is 0 Å². The number of aryl methyl sites for hydroxylation is 3. The molecule has 0 aliphatic heterocycles. The van der Waals surface area contributed by atoms with Gasteiger partial charge in [0.2, 0.25) is 0 Å². The summed E-state index contributed by atoms with van der Waals surface area (Å²) in [5, 5.41) is 2.98. The third-order valence-electron chi connectivity index (χ3n) is 5.17. The summed E-state index contributed by atoms with van der Waals surface area (Å²) in [6.45, 7) is 2.31. The highest BCUT2D eigenvalue weighted by molar-refractivity contribution is 7.26. The van der Waals surface area contributed by atoms with Gasteiger partial charge in [0.15, 0.2) is 0 Å².